The average molecular weight is 236 g/mol. The molecule has 0 fully saturated rings. The van der Waals surface area contributed by atoms with Gasteiger partial charge in [-0.2, -0.15) is 0 Å². The molecule has 1 heterocycles. The summed E-state index contributed by atoms with van der Waals surface area (Å²) in [5.74, 6) is 0.712. The number of nitrogens with zero attached hydrogens (tertiary/aromatic N) is 2. The fourth-order valence-electron chi connectivity index (χ4n) is 1.64. The second kappa shape index (κ2) is 4.58. The van der Waals surface area contributed by atoms with Gasteiger partial charge in [-0.3, -0.25) is 0 Å². The van der Waals surface area contributed by atoms with Crippen molar-refractivity contribution >= 4 is 17.4 Å². The molecule has 0 unspecified atom stereocenters. The number of nitrogen functional groups attached to an aromatic ring is 1. The van der Waals surface area contributed by atoms with Gasteiger partial charge in [-0.05, 0) is 18.6 Å². The van der Waals surface area contributed by atoms with Crippen molar-refractivity contribution in [2.24, 2.45) is 0 Å². The Morgan fingerprint density at radius 3 is 2.62 bits per heavy atom. The van der Waals surface area contributed by atoms with E-state index in [1.165, 1.54) is 0 Å². The van der Waals surface area contributed by atoms with Gasteiger partial charge in [0.25, 0.3) is 0 Å². The topological polar surface area (TPSA) is 43.8 Å². The molecule has 0 amide bonds. The minimum absolute atomic E-state index is 0.712. The van der Waals surface area contributed by atoms with E-state index in [0.29, 0.717) is 5.82 Å². The molecule has 16 heavy (non-hydrogen) atoms. The summed E-state index contributed by atoms with van der Waals surface area (Å²) in [6.07, 6.45) is 2.82. The highest BCUT2D eigenvalue weighted by Crippen LogP contribution is 2.25. The fraction of sp³-hybridized carbons (Fsp3) is 0.250. The van der Waals surface area contributed by atoms with Crippen molar-refractivity contribution in [2.75, 3.05) is 5.73 Å². The molecule has 0 saturated carbocycles. The number of nitrogens with two attached hydrogens (primary N) is 1. The maximum absolute atomic E-state index is 6.03. The largest absolute Gasteiger partial charge is 0.383 e. The first-order valence-electron chi connectivity index (χ1n) is 5.29. The number of aryl methyl sites for hydroxylation is 1. The van der Waals surface area contributed by atoms with Crippen molar-refractivity contribution in [1.29, 1.82) is 0 Å². The summed E-state index contributed by atoms with van der Waals surface area (Å²) in [6, 6.07) is 7.54. The molecule has 0 bridgehead atoms. The van der Waals surface area contributed by atoms with Crippen molar-refractivity contribution in [1.82, 2.24) is 9.55 Å². The Hall–Kier alpha value is -1.48. The SMILES string of the molecule is CCCn1cnc(-c2ccc(Cl)cc2)c1N. The molecular formula is C12H14ClN3. The number of hydrogen-bond donors (Lipinski definition) is 1. The van der Waals surface area contributed by atoms with Crippen LogP contribution in [0.3, 0.4) is 0 Å². The number of aromatic nitrogens is 2. The van der Waals surface area contributed by atoms with E-state index in [2.05, 4.69) is 11.9 Å². The van der Waals surface area contributed by atoms with Crippen LogP contribution in [0.1, 0.15) is 13.3 Å². The molecule has 84 valence electrons. The van der Waals surface area contributed by atoms with Crippen molar-refractivity contribution in [3.05, 3.63) is 35.6 Å². The molecule has 1 aromatic carbocycles. The minimum Gasteiger partial charge on any atom is -0.383 e. The third-order valence-electron chi connectivity index (χ3n) is 2.46. The van der Waals surface area contributed by atoms with E-state index in [1.54, 1.807) is 6.33 Å². The third kappa shape index (κ3) is 2.04. The standard InChI is InChI=1S/C12H14ClN3/c1-2-7-16-8-15-11(12(16)14)9-3-5-10(13)6-4-9/h3-6,8H,2,7,14H2,1H3. The van der Waals surface area contributed by atoms with Crippen molar-refractivity contribution in [3.8, 4) is 11.3 Å². The summed E-state index contributed by atoms with van der Waals surface area (Å²) < 4.78 is 1.96. The van der Waals surface area contributed by atoms with Gasteiger partial charge in [-0.15, -0.1) is 0 Å². The Morgan fingerprint density at radius 2 is 2.00 bits per heavy atom. The van der Waals surface area contributed by atoms with Crippen LogP contribution in [-0.4, -0.2) is 9.55 Å². The van der Waals surface area contributed by atoms with E-state index in [4.69, 9.17) is 17.3 Å². The fourth-order valence-corrected chi connectivity index (χ4v) is 1.77. The van der Waals surface area contributed by atoms with E-state index in [-0.39, 0.29) is 0 Å². The quantitative estimate of drug-likeness (QED) is 0.888. The van der Waals surface area contributed by atoms with Gasteiger partial charge in [-0.25, -0.2) is 4.98 Å². The van der Waals surface area contributed by atoms with Crippen LogP contribution in [0.15, 0.2) is 30.6 Å². The zero-order chi connectivity index (χ0) is 11.5. The Morgan fingerprint density at radius 1 is 1.31 bits per heavy atom. The molecule has 0 atom stereocenters. The van der Waals surface area contributed by atoms with Crippen LogP contribution >= 0.6 is 11.6 Å². The van der Waals surface area contributed by atoms with Crippen molar-refractivity contribution < 1.29 is 0 Å². The van der Waals surface area contributed by atoms with E-state index in [9.17, 15) is 0 Å². The number of rotatable bonds is 3. The molecule has 4 heteroatoms. The molecule has 1 aromatic heterocycles. The smallest absolute Gasteiger partial charge is 0.131 e. The maximum Gasteiger partial charge on any atom is 0.131 e. The maximum atomic E-state index is 6.03. The lowest BCUT2D eigenvalue weighted by molar-refractivity contribution is 0.686. The molecule has 0 saturated heterocycles. The molecule has 0 spiro atoms. The van der Waals surface area contributed by atoms with Gasteiger partial charge in [0, 0.05) is 17.1 Å². The van der Waals surface area contributed by atoms with Gasteiger partial charge in [0.1, 0.15) is 11.5 Å². The van der Waals surface area contributed by atoms with Crippen molar-refractivity contribution in [2.45, 2.75) is 19.9 Å². The second-order valence-electron chi connectivity index (χ2n) is 3.68. The van der Waals surface area contributed by atoms with Gasteiger partial charge in [0.2, 0.25) is 0 Å². The lowest BCUT2D eigenvalue weighted by atomic mass is 10.1. The van der Waals surface area contributed by atoms with Gasteiger partial charge in [-0.1, -0.05) is 30.7 Å². The van der Waals surface area contributed by atoms with Crippen LogP contribution in [0.4, 0.5) is 5.82 Å². The summed E-state index contributed by atoms with van der Waals surface area (Å²) in [5.41, 5.74) is 7.85. The van der Waals surface area contributed by atoms with Gasteiger partial charge in [0.15, 0.2) is 0 Å². The Bertz CT molecular complexity index is 474. The first-order valence-corrected chi connectivity index (χ1v) is 5.66. The Labute approximate surface area is 99.9 Å². The van der Waals surface area contributed by atoms with Crippen LogP contribution in [0, 0.1) is 0 Å². The summed E-state index contributed by atoms with van der Waals surface area (Å²) >= 11 is 5.84. The highest BCUT2D eigenvalue weighted by Gasteiger charge is 2.08. The predicted molar refractivity (Wildman–Crippen MR) is 67.4 cm³/mol. The van der Waals surface area contributed by atoms with E-state index >= 15 is 0 Å². The zero-order valence-electron chi connectivity index (χ0n) is 9.15. The van der Waals surface area contributed by atoms with Crippen LogP contribution < -0.4 is 5.73 Å². The number of hydrogen-bond acceptors (Lipinski definition) is 2. The summed E-state index contributed by atoms with van der Waals surface area (Å²) in [7, 11) is 0. The molecule has 0 radical (unpaired) electrons. The molecule has 0 aliphatic rings. The van der Waals surface area contributed by atoms with Crippen LogP contribution in [0.2, 0.25) is 5.02 Å². The Balaban J connectivity index is 2.37. The zero-order valence-corrected chi connectivity index (χ0v) is 9.91. The van der Waals surface area contributed by atoms with E-state index in [0.717, 1.165) is 29.2 Å². The number of benzene rings is 1. The summed E-state index contributed by atoms with van der Waals surface area (Å²) in [6.45, 7) is 3.01. The molecule has 0 aliphatic heterocycles. The van der Waals surface area contributed by atoms with E-state index in [1.807, 2.05) is 28.8 Å². The minimum atomic E-state index is 0.712. The monoisotopic (exact) mass is 235 g/mol. The third-order valence-corrected chi connectivity index (χ3v) is 2.71. The molecule has 2 N–H and O–H groups in total. The molecule has 3 nitrogen and oxygen atoms in total. The molecule has 0 aliphatic carbocycles. The van der Waals surface area contributed by atoms with Crippen molar-refractivity contribution in [3.63, 3.8) is 0 Å². The molecule has 2 rings (SSSR count). The van der Waals surface area contributed by atoms with Crippen LogP contribution in [-0.2, 0) is 6.54 Å². The highest BCUT2D eigenvalue weighted by molar-refractivity contribution is 6.30. The molecule has 2 aromatic rings. The predicted octanol–water partition coefficient (Wildman–Crippen LogP) is 3.20. The first-order chi connectivity index (χ1) is 7.72. The highest BCUT2D eigenvalue weighted by atomic mass is 35.5. The van der Waals surface area contributed by atoms with Crippen LogP contribution in [0.25, 0.3) is 11.3 Å². The number of halogens is 1. The Kier molecular flexibility index (Phi) is 3.15. The molecular weight excluding hydrogens is 222 g/mol. The average Bonchev–Trinajstić information content (AvgIpc) is 2.63. The second-order valence-corrected chi connectivity index (χ2v) is 4.12. The lowest BCUT2D eigenvalue weighted by Crippen LogP contribution is -2.01. The summed E-state index contributed by atoms with van der Waals surface area (Å²) in [5, 5.41) is 0.718. The van der Waals surface area contributed by atoms with E-state index < -0.39 is 0 Å². The lowest BCUT2D eigenvalue weighted by Gasteiger charge is -2.03. The number of imidazole rings is 1. The number of anilines is 1. The normalized spacial score (nSPS) is 10.6. The van der Waals surface area contributed by atoms with Crippen LogP contribution in [0.5, 0.6) is 0 Å². The van der Waals surface area contributed by atoms with Gasteiger partial charge >= 0.3 is 0 Å². The first kappa shape index (κ1) is 11.0. The summed E-state index contributed by atoms with van der Waals surface area (Å²) in [4.78, 5) is 4.33. The van der Waals surface area contributed by atoms with Gasteiger partial charge in [0.05, 0.1) is 6.33 Å². The van der Waals surface area contributed by atoms with Gasteiger partial charge < -0.3 is 10.3 Å².